The average molecular weight is 1090 g/mol. The highest BCUT2D eigenvalue weighted by molar-refractivity contribution is 5.83. The van der Waals surface area contributed by atoms with Gasteiger partial charge in [-0.15, -0.1) is 0 Å². The van der Waals surface area contributed by atoms with Gasteiger partial charge in [-0.05, 0) is 200 Å². The summed E-state index contributed by atoms with van der Waals surface area (Å²) in [6, 6.07) is 0. The summed E-state index contributed by atoms with van der Waals surface area (Å²) in [5, 5.41) is 10.6. The van der Waals surface area contributed by atoms with Gasteiger partial charge >= 0.3 is 41.8 Å². The maximum atomic E-state index is 12.6. The zero-order chi connectivity index (χ0) is 55.3. The van der Waals surface area contributed by atoms with E-state index in [0.29, 0.717) is 56.0 Å². The number of ether oxygens (including phenoxy) is 7. The minimum atomic E-state index is -0.687. The maximum Gasteiger partial charge on any atom is 0.347 e. The Balaban J connectivity index is 0.000000190. The number of aliphatic hydroxyl groups is 1. The van der Waals surface area contributed by atoms with Gasteiger partial charge in [0.05, 0.1) is 39.8 Å². The molecule has 15 heteroatoms. The monoisotopic (exact) mass is 1090 g/mol. The molecule has 0 aromatic rings. The van der Waals surface area contributed by atoms with Crippen molar-refractivity contribution in [2.45, 2.75) is 262 Å². The van der Waals surface area contributed by atoms with Gasteiger partial charge in [0.1, 0.15) is 23.4 Å². The number of hydrogen-bond donors (Lipinski definition) is 1. The maximum absolute atomic E-state index is 12.6. The SMILES string of the molecule is C.C.CCC(C)(C)C(=O)OC1(CC)C2CC3CC(C2)CC1C3.CCC(C)(C)C(=O)OC12CC3CC(CC(O)(C3)C1)C2.CCC(C)(C)C(=O)OC1CCOC1=O.CCC(C)(C)C(=O)OCC(=O)OC1C2CC3C(=O)OC1C3C2. The van der Waals surface area contributed by atoms with Gasteiger partial charge in [0, 0.05) is 24.7 Å². The molecule has 0 radical (unpaired) electrons. The van der Waals surface area contributed by atoms with E-state index in [1.54, 1.807) is 27.7 Å². The summed E-state index contributed by atoms with van der Waals surface area (Å²) in [5.41, 5.74) is -2.92. The van der Waals surface area contributed by atoms with E-state index in [9.17, 15) is 38.7 Å². The van der Waals surface area contributed by atoms with Crippen LogP contribution in [0.4, 0.5) is 0 Å². The predicted octanol–water partition coefficient (Wildman–Crippen LogP) is 11.6. The molecule has 8 unspecified atom stereocenters. The van der Waals surface area contributed by atoms with Crippen molar-refractivity contribution in [1.82, 2.24) is 0 Å². The van der Waals surface area contributed by atoms with Crippen LogP contribution >= 0.6 is 0 Å². The first kappa shape index (κ1) is 64.1. The largest absolute Gasteiger partial charge is 0.463 e. The number of rotatable bonds is 15. The van der Waals surface area contributed by atoms with E-state index in [2.05, 4.69) is 13.8 Å². The normalized spacial score (nSPS) is 36.2. The molecule has 10 saturated carbocycles. The lowest BCUT2D eigenvalue weighted by Crippen LogP contribution is -2.61. The number of cyclic esters (lactones) is 1. The number of carbonyl (C=O) groups is 7. The van der Waals surface area contributed by atoms with Gasteiger partial charge in [-0.2, -0.15) is 0 Å². The summed E-state index contributed by atoms with van der Waals surface area (Å²) in [6.07, 6.45) is 17.0. The molecule has 2 saturated heterocycles. The van der Waals surface area contributed by atoms with Crippen molar-refractivity contribution in [3.63, 3.8) is 0 Å². The topological polar surface area (TPSA) is 204 Å². The van der Waals surface area contributed by atoms with Crippen LogP contribution in [0.25, 0.3) is 0 Å². The third-order valence-electron chi connectivity index (χ3n) is 20.5. The van der Waals surface area contributed by atoms with Crippen LogP contribution in [0, 0.1) is 74.9 Å². The Morgan fingerprint density at radius 1 is 0.597 bits per heavy atom. The molecule has 440 valence electrons. The highest BCUT2D eigenvalue weighted by Gasteiger charge is 2.64. The molecule has 12 fully saturated rings. The van der Waals surface area contributed by atoms with Gasteiger partial charge in [-0.1, -0.05) is 49.5 Å². The standard InChI is InChI=1S/C18H30O2.C16H22O6.C16H26O3.C10H16O4.2CH4/c1-5-17(3,4)16(19)20-18(6-2)14-8-12-7-13(10-14)11-15(18)9-12;1-4-16(2,3)15(19)20-7-11(17)21-12-8-5-9-10(6-8)14(18)22-13(9)12;1-4-14(2,3)13(17)19-16-8-11-5-12(9-16)7-15(18,6-11)10-16;1-4-10(2,3)9(12)14-7-5-6-13-8(7)11;;/h12-15H,5-11H2,1-4H3;8-10,12-13H,4-7H2,1-3H3;11-12,18H,4-10H2,1-3H3;7H,4-6H2,1-3H3;2*1H4. The Hall–Kier alpha value is -3.75. The van der Waals surface area contributed by atoms with Crippen LogP contribution in [-0.2, 0) is 66.7 Å². The summed E-state index contributed by atoms with van der Waals surface area (Å²) in [6.45, 7) is 25.2. The highest BCUT2D eigenvalue weighted by atomic mass is 16.6. The fourth-order valence-electron chi connectivity index (χ4n) is 14.7. The van der Waals surface area contributed by atoms with Crippen molar-refractivity contribution in [3.8, 4) is 0 Å². The Bertz CT molecular complexity index is 2090. The molecule has 15 nitrogen and oxygen atoms in total. The molecule has 12 rings (SSSR count). The Morgan fingerprint density at radius 2 is 1.09 bits per heavy atom. The second kappa shape index (κ2) is 24.1. The van der Waals surface area contributed by atoms with E-state index in [0.717, 1.165) is 69.6 Å². The van der Waals surface area contributed by atoms with Crippen LogP contribution in [-0.4, -0.2) is 95.2 Å². The summed E-state index contributed by atoms with van der Waals surface area (Å²) < 4.78 is 37.8. The fourth-order valence-corrected chi connectivity index (χ4v) is 14.7. The summed E-state index contributed by atoms with van der Waals surface area (Å²) in [4.78, 5) is 83.0. The Labute approximate surface area is 462 Å². The van der Waals surface area contributed by atoms with Crippen molar-refractivity contribution >= 4 is 41.8 Å². The van der Waals surface area contributed by atoms with E-state index in [-0.39, 0.29) is 91.9 Å². The Morgan fingerprint density at radius 3 is 1.57 bits per heavy atom. The number of hydrogen-bond acceptors (Lipinski definition) is 15. The van der Waals surface area contributed by atoms with Gasteiger partial charge in [-0.3, -0.25) is 24.0 Å². The van der Waals surface area contributed by atoms with Crippen molar-refractivity contribution in [1.29, 1.82) is 0 Å². The van der Waals surface area contributed by atoms with Crippen LogP contribution < -0.4 is 0 Å². The lowest BCUT2D eigenvalue weighted by molar-refractivity contribution is -0.225. The molecular weight excluding hydrogens is 985 g/mol. The second-order valence-corrected chi connectivity index (χ2v) is 27.5. The average Bonchev–Trinajstić information content (AvgIpc) is 4.10. The quantitative estimate of drug-likeness (QED) is 0.120. The summed E-state index contributed by atoms with van der Waals surface area (Å²) >= 11 is 0. The highest BCUT2D eigenvalue weighted by Crippen LogP contribution is 2.62. The van der Waals surface area contributed by atoms with E-state index in [1.807, 2.05) is 48.5 Å². The molecule has 0 aromatic heterocycles. The van der Waals surface area contributed by atoms with Gasteiger partial charge < -0.3 is 38.3 Å². The van der Waals surface area contributed by atoms with Gasteiger partial charge in [-0.25, -0.2) is 9.59 Å². The first-order valence-electron chi connectivity index (χ1n) is 29.1. The zero-order valence-electron chi connectivity index (χ0n) is 47.9. The molecule has 12 aliphatic rings. The zero-order valence-corrected chi connectivity index (χ0v) is 47.9. The van der Waals surface area contributed by atoms with Crippen LogP contribution in [0.1, 0.15) is 227 Å². The molecule has 10 bridgehead atoms. The minimum absolute atomic E-state index is 0. The van der Waals surface area contributed by atoms with Crippen LogP contribution in [0.15, 0.2) is 0 Å². The first-order valence-corrected chi connectivity index (χ1v) is 29.1. The molecule has 0 aromatic carbocycles. The molecular formula is C62H102O15. The molecule has 0 spiro atoms. The van der Waals surface area contributed by atoms with Gasteiger partial charge in [0.2, 0.25) is 6.10 Å². The van der Waals surface area contributed by atoms with E-state index >= 15 is 0 Å². The minimum Gasteiger partial charge on any atom is -0.463 e. The van der Waals surface area contributed by atoms with E-state index in [4.69, 9.17) is 33.2 Å². The van der Waals surface area contributed by atoms with Crippen LogP contribution in [0.5, 0.6) is 0 Å². The molecule has 8 atom stereocenters. The smallest absolute Gasteiger partial charge is 0.347 e. The third-order valence-corrected chi connectivity index (χ3v) is 20.5. The molecule has 0 amide bonds. The molecule has 1 N–H and O–H groups in total. The van der Waals surface area contributed by atoms with Crippen LogP contribution in [0.2, 0.25) is 0 Å². The van der Waals surface area contributed by atoms with E-state index < -0.39 is 45.9 Å². The summed E-state index contributed by atoms with van der Waals surface area (Å²) in [5.74, 6) is 2.68. The fraction of sp³-hybridized carbons (Fsp3) is 0.887. The molecule has 77 heavy (non-hydrogen) atoms. The van der Waals surface area contributed by atoms with Crippen molar-refractivity contribution < 1.29 is 71.8 Å². The van der Waals surface area contributed by atoms with Crippen molar-refractivity contribution in [2.24, 2.45) is 74.9 Å². The predicted molar refractivity (Wildman–Crippen MR) is 290 cm³/mol. The lowest BCUT2D eigenvalue weighted by Gasteiger charge is -2.60. The Kier molecular flexibility index (Phi) is 20.1. The number of fused-ring (bicyclic) bond motifs is 1. The first-order chi connectivity index (χ1) is 35.0. The lowest BCUT2D eigenvalue weighted by atomic mass is 9.49. The molecule has 2 heterocycles. The van der Waals surface area contributed by atoms with Crippen LogP contribution in [0.3, 0.4) is 0 Å². The number of carbonyl (C=O) groups excluding carboxylic acids is 7. The third kappa shape index (κ3) is 13.5. The second-order valence-electron chi connectivity index (χ2n) is 27.5. The summed E-state index contributed by atoms with van der Waals surface area (Å²) in [7, 11) is 0. The molecule has 2 aliphatic heterocycles. The van der Waals surface area contributed by atoms with Crippen molar-refractivity contribution in [3.05, 3.63) is 0 Å². The van der Waals surface area contributed by atoms with Crippen molar-refractivity contribution in [2.75, 3.05) is 13.2 Å². The van der Waals surface area contributed by atoms with Gasteiger partial charge in [0.15, 0.2) is 6.61 Å². The van der Waals surface area contributed by atoms with E-state index in [1.165, 1.54) is 38.5 Å². The molecule has 10 aliphatic carbocycles. The number of esters is 7. The van der Waals surface area contributed by atoms with Gasteiger partial charge in [0.25, 0.3) is 0 Å².